The summed E-state index contributed by atoms with van der Waals surface area (Å²) in [6.07, 6.45) is 4.25. The summed E-state index contributed by atoms with van der Waals surface area (Å²) in [5.41, 5.74) is 2.06. The molecule has 28 heavy (non-hydrogen) atoms. The fourth-order valence-electron chi connectivity index (χ4n) is 3.93. The van der Waals surface area contributed by atoms with Gasteiger partial charge in [0.2, 0.25) is 0 Å². The Kier molecular flexibility index (Phi) is 5.26. The molecule has 1 aliphatic heterocycles. The van der Waals surface area contributed by atoms with Gasteiger partial charge in [0.1, 0.15) is 17.4 Å². The van der Waals surface area contributed by atoms with Crippen molar-refractivity contribution in [2.24, 2.45) is 5.92 Å². The maximum absolute atomic E-state index is 13.1. The van der Waals surface area contributed by atoms with Crippen LogP contribution in [0.5, 0.6) is 5.75 Å². The van der Waals surface area contributed by atoms with Crippen LogP contribution in [-0.2, 0) is 4.79 Å². The number of nitrogens with one attached hydrogen (secondary N) is 2. The highest BCUT2D eigenvalue weighted by molar-refractivity contribution is 7.99. The number of hydrogen-bond acceptors (Lipinski definition) is 6. The number of aromatic amines is 1. The summed E-state index contributed by atoms with van der Waals surface area (Å²) in [7, 11) is 1.61. The molecule has 0 saturated carbocycles. The third-order valence-corrected chi connectivity index (χ3v) is 6.25. The van der Waals surface area contributed by atoms with Crippen LogP contribution in [0.15, 0.2) is 46.0 Å². The molecule has 146 valence electrons. The predicted octanol–water partition coefficient (Wildman–Crippen LogP) is 3.70. The van der Waals surface area contributed by atoms with E-state index in [1.165, 1.54) is 11.8 Å². The summed E-state index contributed by atoms with van der Waals surface area (Å²) in [6.45, 7) is 2.09. The van der Waals surface area contributed by atoms with E-state index < -0.39 is 5.92 Å². The van der Waals surface area contributed by atoms with Crippen molar-refractivity contribution in [2.45, 2.75) is 37.3 Å². The first-order chi connectivity index (χ1) is 13.6. The quantitative estimate of drug-likeness (QED) is 0.591. The molecule has 0 radical (unpaired) electrons. The second kappa shape index (κ2) is 7.83. The molecule has 0 unspecified atom stereocenters. The van der Waals surface area contributed by atoms with Crippen LogP contribution in [0.25, 0.3) is 0 Å². The predicted molar refractivity (Wildman–Crippen MR) is 110 cm³/mol. The number of H-pyrrole nitrogens is 1. The molecule has 0 spiro atoms. The standard InChI is InChI=1S/C21H23N3O3S/c1-3-10-28-21-23-19-18(20(26)24-21)16(12-6-4-7-13(11-12)27-2)17-14(22-19)8-5-9-15(17)25/h4,6-8,11,16-17H,3,5,9-10H2,1-2H3,(H2,22,23,24,26)/t16-,17+/m1/s1. The second-order valence-electron chi connectivity index (χ2n) is 7.00. The van der Waals surface area contributed by atoms with Crippen molar-refractivity contribution < 1.29 is 9.53 Å². The van der Waals surface area contributed by atoms with Crippen molar-refractivity contribution in [1.82, 2.24) is 9.97 Å². The third kappa shape index (κ3) is 3.35. The number of fused-ring (bicyclic) bond motifs is 2. The van der Waals surface area contributed by atoms with Crippen LogP contribution in [0.3, 0.4) is 0 Å². The van der Waals surface area contributed by atoms with Crippen LogP contribution in [0.2, 0.25) is 0 Å². The minimum absolute atomic E-state index is 0.146. The Morgan fingerprint density at radius 3 is 2.93 bits per heavy atom. The lowest BCUT2D eigenvalue weighted by molar-refractivity contribution is -0.122. The molecule has 0 fully saturated rings. The van der Waals surface area contributed by atoms with Gasteiger partial charge in [0.15, 0.2) is 5.16 Å². The topological polar surface area (TPSA) is 84.1 Å². The molecule has 1 aromatic heterocycles. The van der Waals surface area contributed by atoms with Crippen molar-refractivity contribution in [1.29, 1.82) is 0 Å². The molecule has 1 aromatic carbocycles. The Bertz CT molecular complexity index is 999. The van der Waals surface area contributed by atoms with E-state index in [0.29, 0.717) is 35.1 Å². The Morgan fingerprint density at radius 2 is 2.14 bits per heavy atom. The Morgan fingerprint density at radius 1 is 1.29 bits per heavy atom. The van der Waals surface area contributed by atoms with Crippen molar-refractivity contribution >= 4 is 23.4 Å². The number of benzene rings is 1. The van der Waals surface area contributed by atoms with E-state index in [1.54, 1.807) is 7.11 Å². The highest BCUT2D eigenvalue weighted by Gasteiger charge is 2.42. The van der Waals surface area contributed by atoms with E-state index in [-0.39, 0.29) is 17.3 Å². The van der Waals surface area contributed by atoms with Crippen LogP contribution >= 0.6 is 11.8 Å². The number of hydrogen-bond donors (Lipinski definition) is 2. The lowest BCUT2D eigenvalue weighted by Crippen LogP contribution is -2.38. The van der Waals surface area contributed by atoms with Crippen LogP contribution in [0, 0.1) is 5.92 Å². The molecule has 6 nitrogen and oxygen atoms in total. The minimum atomic E-state index is -0.398. The van der Waals surface area contributed by atoms with Gasteiger partial charge in [0.05, 0.1) is 18.6 Å². The van der Waals surface area contributed by atoms with Gasteiger partial charge in [-0.25, -0.2) is 4.98 Å². The van der Waals surface area contributed by atoms with Gasteiger partial charge < -0.3 is 15.0 Å². The summed E-state index contributed by atoms with van der Waals surface area (Å²) in [5, 5.41) is 3.88. The van der Waals surface area contributed by atoms with E-state index in [2.05, 4.69) is 28.3 Å². The summed E-state index contributed by atoms with van der Waals surface area (Å²) in [6, 6.07) is 7.59. The highest BCUT2D eigenvalue weighted by atomic mass is 32.2. The van der Waals surface area contributed by atoms with Gasteiger partial charge in [-0.15, -0.1) is 0 Å². The van der Waals surface area contributed by atoms with E-state index in [1.807, 2.05) is 24.3 Å². The number of anilines is 1. The second-order valence-corrected chi connectivity index (χ2v) is 8.09. The first kappa shape index (κ1) is 18.8. The van der Waals surface area contributed by atoms with Crippen molar-refractivity contribution in [3.05, 3.63) is 57.5 Å². The number of rotatable bonds is 5. The zero-order valence-corrected chi connectivity index (χ0v) is 16.8. The zero-order valence-electron chi connectivity index (χ0n) is 16.0. The Hall–Kier alpha value is -2.54. The number of carbonyl (C=O) groups is 1. The number of Topliss-reactive ketones (excluding diaryl/α,β-unsaturated/α-hetero) is 1. The molecular weight excluding hydrogens is 374 g/mol. The summed E-state index contributed by atoms with van der Waals surface area (Å²) in [5.74, 6) is 1.49. The number of thioether (sulfide) groups is 1. The molecule has 2 N–H and O–H groups in total. The van der Waals surface area contributed by atoms with Gasteiger partial charge in [0.25, 0.3) is 5.56 Å². The van der Waals surface area contributed by atoms with E-state index in [0.717, 1.165) is 23.4 Å². The van der Waals surface area contributed by atoms with E-state index in [4.69, 9.17) is 4.74 Å². The van der Waals surface area contributed by atoms with Gasteiger partial charge >= 0.3 is 0 Å². The van der Waals surface area contributed by atoms with Crippen LogP contribution < -0.4 is 15.6 Å². The third-order valence-electron chi connectivity index (χ3n) is 5.17. The summed E-state index contributed by atoms with van der Waals surface area (Å²) >= 11 is 1.53. The monoisotopic (exact) mass is 397 g/mol. The molecule has 2 heterocycles. The molecule has 0 bridgehead atoms. The number of ether oxygens (including phenoxy) is 1. The molecule has 2 atom stereocenters. The number of aromatic nitrogens is 2. The lowest BCUT2D eigenvalue weighted by atomic mass is 9.72. The summed E-state index contributed by atoms with van der Waals surface area (Å²) < 4.78 is 5.37. The molecular formula is C21H23N3O3S. The fourth-order valence-corrected chi connectivity index (χ4v) is 4.65. The Balaban J connectivity index is 1.89. The number of nitrogens with zero attached hydrogens (tertiary/aromatic N) is 1. The number of methoxy groups -OCH3 is 1. The van der Waals surface area contributed by atoms with Gasteiger partial charge in [-0.05, 0) is 30.5 Å². The minimum Gasteiger partial charge on any atom is -0.497 e. The van der Waals surface area contributed by atoms with E-state index in [9.17, 15) is 9.59 Å². The number of allylic oxidation sites excluding steroid dienone is 2. The van der Waals surface area contributed by atoms with Crippen LogP contribution in [0.4, 0.5) is 5.82 Å². The lowest BCUT2D eigenvalue weighted by Gasteiger charge is -2.36. The number of ketones is 1. The average Bonchev–Trinajstić information content (AvgIpc) is 2.71. The SMILES string of the molecule is CCCSc1nc2c(c(=O)[nH]1)[C@H](c1cccc(OC)c1)[C@@H]1C(=O)CCC=C1N2. The van der Waals surface area contributed by atoms with Gasteiger partial charge in [0, 0.05) is 23.8 Å². The Labute approximate surface area is 167 Å². The van der Waals surface area contributed by atoms with Gasteiger partial charge in [-0.2, -0.15) is 0 Å². The van der Waals surface area contributed by atoms with Crippen molar-refractivity contribution in [3.8, 4) is 5.75 Å². The maximum Gasteiger partial charge on any atom is 0.257 e. The first-order valence-electron chi connectivity index (χ1n) is 9.53. The smallest absolute Gasteiger partial charge is 0.257 e. The molecule has 4 rings (SSSR count). The zero-order chi connectivity index (χ0) is 19.7. The van der Waals surface area contributed by atoms with Crippen LogP contribution in [-0.4, -0.2) is 28.6 Å². The highest BCUT2D eigenvalue weighted by Crippen LogP contribution is 2.45. The average molecular weight is 398 g/mol. The van der Waals surface area contributed by atoms with Gasteiger partial charge in [-0.1, -0.05) is 36.9 Å². The molecule has 0 saturated heterocycles. The molecule has 2 aliphatic rings. The first-order valence-corrected chi connectivity index (χ1v) is 10.5. The van der Waals surface area contributed by atoms with Gasteiger partial charge in [-0.3, -0.25) is 9.59 Å². The normalized spacial score (nSPS) is 20.6. The molecule has 2 aromatic rings. The number of carbonyl (C=O) groups excluding carboxylic acids is 1. The molecule has 1 aliphatic carbocycles. The van der Waals surface area contributed by atoms with Crippen molar-refractivity contribution in [3.63, 3.8) is 0 Å². The summed E-state index contributed by atoms with van der Waals surface area (Å²) in [4.78, 5) is 33.5. The van der Waals surface area contributed by atoms with E-state index >= 15 is 0 Å². The molecule has 7 heteroatoms. The fraction of sp³-hybridized carbons (Fsp3) is 0.381. The largest absolute Gasteiger partial charge is 0.497 e. The maximum atomic E-state index is 13.1. The van der Waals surface area contributed by atoms with Crippen LogP contribution in [0.1, 0.15) is 43.2 Å². The molecule has 0 amide bonds. The van der Waals surface area contributed by atoms with Crippen molar-refractivity contribution in [2.75, 3.05) is 18.2 Å².